The molecule has 3 aromatic carbocycles. The Balaban J connectivity index is 0.000000194. The van der Waals surface area contributed by atoms with E-state index in [0.29, 0.717) is 158 Å². The number of anilines is 4. The maximum atomic E-state index is 15.8. The first-order valence-corrected chi connectivity index (χ1v) is 55.2. The van der Waals surface area contributed by atoms with Crippen molar-refractivity contribution in [3.63, 3.8) is 0 Å². The maximum absolute atomic E-state index is 15.8. The molecule has 0 bridgehead atoms. The molecular weight excluding hydrogens is 1880 g/mol. The SMILES string of the molecule is CC(C)N1CCN(c2c(F)cccc2C2S[C@@](C)(CC(=O)N3CCC(n4c(=O)[nH]c5ncccc54)CC3)C(=O)N2CCC(C)(C)C)CC1.CC(C)N1CCN(c2c(F)cccc2[C@H]2S[C@@](C)(CC(=O)N3CCC(n4c(=O)[nH]c5ncccc54)CC3)C(=O)N2CCC(C)(C)C)CC1.CC(C)N1CCN(c2ncccc2C2S[C@@H](CC(=O)N3CCC(N4CCc5ccccc5NC4=O)CC3)C(=O)N2CCC(C)(C)C)CC1.[HH].[HH].[HH].[HH]. The minimum absolute atomic E-state index is 0. The second-order valence-corrected chi connectivity index (χ2v) is 50.2. The van der Waals surface area contributed by atoms with Gasteiger partial charge in [0.15, 0.2) is 11.3 Å². The van der Waals surface area contributed by atoms with E-state index < -0.39 is 25.5 Å². The van der Waals surface area contributed by atoms with Crippen molar-refractivity contribution in [3.05, 3.63) is 171 Å². The molecular formula is C109H161F2N21O9S3. The van der Waals surface area contributed by atoms with Crippen molar-refractivity contribution >= 4 is 122 Å². The molecule has 15 heterocycles. The van der Waals surface area contributed by atoms with E-state index in [1.54, 1.807) is 45.4 Å². The van der Waals surface area contributed by atoms with Crippen LogP contribution in [0.1, 0.15) is 251 Å². The van der Waals surface area contributed by atoms with Crippen LogP contribution in [0.4, 0.5) is 36.5 Å². The van der Waals surface area contributed by atoms with Gasteiger partial charge in [0, 0.05) is 233 Å². The van der Waals surface area contributed by atoms with Gasteiger partial charge in [-0.05, 0) is 190 Å². The van der Waals surface area contributed by atoms with Gasteiger partial charge in [-0.2, -0.15) is 0 Å². The third-order valence-corrected chi connectivity index (χ3v) is 35.6. The lowest BCUT2D eigenvalue weighted by Gasteiger charge is -2.40. The minimum atomic E-state index is -0.990. The molecule has 9 fully saturated rings. The number of pyridine rings is 3. The van der Waals surface area contributed by atoms with Crippen LogP contribution < -0.4 is 31.4 Å². The van der Waals surface area contributed by atoms with Crippen molar-refractivity contribution in [2.75, 3.05) is 164 Å². The van der Waals surface area contributed by atoms with Crippen LogP contribution in [-0.4, -0.2) is 307 Å². The summed E-state index contributed by atoms with van der Waals surface area (Å²) in [4.78, 5) is 169. The van der Waals surface area contributed by atoms with Gasteiger partial charge in [0.05, 0.1) is 40.5 Å². The molecule has 3 N–H and O–H groups in total. The molecule has 9 saturated heterocycles. The molecule has 35 heteroatoms. The number of imidazole rings is 2. The van der Waals surface area contributed by atoms with Crippen molar-refractivity contribution in [1.82, 2.24) is 83.1 Å². The number of nitrogens with zero attached hydrogens (tertiary/aromatic N) is 18. The number of para-hydroxylation sites is 3. The predicted octanol–water partition coefficient (Wildman–Crippen LogP) is 17.3. The molecule has 788 valence electrons. The zero-order chi connectivity index (χ0) is 103. The third-order valence-electron chi connectivity index (χ3n) is 31.0. The topological polar surface area (TPSA) is 288 Å². The number of rotatable bonds is 24. The largest absolute Gasteiger partial charge is 0.366 e. The van der Waals surface area contributed by atoms with Crippen molar-refractivity contribution in [2.24, 2.45) is 16.2 Å². The van der Waals surface area contributed by atoms with E-state index in [-0.39, 0.29) is 129 Å². The van der Waals surface area contributed by atoms with Gasteiger partial charge in [-0.15, -0.1) is 35.3 Å². The van der Waals surface area contributed by atoms with Crippen LogP contribution in [0, 0.1) is 27.9 Å². The minimum Gasteiger partial charge on any atom is -0.366 e. The van der Waals surface area contributed by atoms with Crippen molar-refractivity contribution in [3.8, 4) is 0 Å². The fourth-order valence-corrected chi connectivity index (χ4v) is 26.9. The standard InChI is InChI=1S/C37H53N7O3S.2C36H50FN7O3S.4H2/c1-26(2)40-21-23-42(24-22-40)33-29(10-8-16-38-33)35-44(20-15-37(3,4)5)34(46)31(48-35)25-32(45)41-17-13-28(14-18-41)43-19-12-27-9-6-7-11-30(27)39-36(43)47;2*1-24(2)40-19-21-42(22-20-40)30-26(9-7-10-27(30)37)32-43(18-14-35(3,4)5)33(46)36(6,48-32)23-29(45)41-16-12-25(13-17-41)44-28-11-8-15-38-31(28)39-34(44)47;;;;/h6-11,16,26,28,31,35H,12-15,17-25H2,1-5H3,(H,39,47);2*7-11,15,24-25,32H,12-14,16-23H2,1-6H3,(H,38,39,47);4*1H/t31-,35?;32?,36-;32-,36+;;;;/m001..../s1. The highest BCUT2D eigenvalue weighted by Gasteiger charge is 2.55. The number of halogens is 2. The monoisotopic (exact) mass is 2040 g/mol. The number of aromatic nitrogens is 7. The first kappa shape index (κ1) is 107. The fraction of sp³-hybridized carbons (Fsp3) is 0.615. The van der Waals surface area contributed by atoms with Gasteiger partial charge < -0.3 is 54.3 Å². The zero-order valence-electron chi connectivity index (χ0n) is 87.7. The van der Waals surface area contributed by atoms with E-state index in [9.17, 15) is 43.2 Å². The number of fused-ring (bicyclic) bond motifs is 3. The van der Waals surface area contributed by atoms with Crippen LogP contribution in [0.3, 0.4) is 0 Å². The molecule has 8 amide bonds. The lowest BCUT2D eigenvalue weighted by atomic mass is 9.91. The second kappa shape index (κ2) is 44.9. The lowest BCUT2D eigenvalue weighted by molar-refractivity contribution is -0.139. The van der Waals surface area contributed by atoms with Crippen LogP contribution in [-0.2, 0) is 35.2 Å². The van der Waals surface area contributed by atoms with Gasteiger partial charge in [0.25, 0.3) is 0 Å². The molecule has 6 atom stereocenters. The Morgan fingerprint density at radius 1 is 0.438 bits per heavy atom. The van der Waals surface area contributed by atoms with E-state index in [1.807, 2.05) is 115 Å². The number of nitrogens with one attached hydrogen (secondary N) is 3. The highest BCUT2D eigenvalue weighted by atomic mass is 32.2. The molecule has 0 radical (unpaired) electrons. The summed E-state index contributed by atoms with van der Waals surface area (Å²) in [5, 5.41) is 1.67. The van der Waals surface area contributed by atoms with Gasteiger partial charge in [-0.3, -0.25) is 62.6 Å². The van der Waals surface area contributed by atoms with Crippen molar-refractivity contribution in [2.45, 2.75) is 268 Å². The van der Waals surface area contributed by atoms with Crippen LogP contribution in [0.5, 0.6) is 0 Å². The number of H-pyrrole nitrogens is 2. The van der Waals surface area contributed by atoms with Gasteiger partial charge in [0.2, 0.25) is 35.4 Å². The number of hydrogen-bond donors (Lipinski definition) is 3. The molecule has 5 aromatic heterocycles. The number of benzene rings is 3. The highest BCUT2D eigenvalue weighted by molar-refractivity contribution is 8.02. The summed E-state index contributed by atoms with van der Waals surface area (Å²) < 4.78 is 33.1. The van der Waals surface area contributed by atoms with E-state index in [4.69, 9.17) is 4.98 Å². The van der Waals surface area contributed by atoms with Gasteiger partial charge in [0.1, 0.15) is 43.1 Å². The molecule has 10 aliphatic rings. The predicted molar refractivity (Wildman–Crippen MR) is 581 cm³/mol. The third kappa shape index (κ3) is 24.3. The van der Waals surface area contributed by atoms with E-state index >= 15 is 8.78 Å². The number of amides is 8. The summed E-state index contributed by atoms with van der Waals surface area (Å²) in [6.45, 7) is 52.2. The normalized spacial score (nSPS) is 23.2. The second-order valence-electron chi connectivity index (χ2n) is 45.7. The fourth-order valence-electron chi connectivity index (χ4n) is 22.2. The molecule has 10 aliphatic heterocycles. The molecule has 144 heavy (non-hydrogen) atoms. The number of likely N-dealkylation sites (tertiary alicyclic amines) is 3. The van der Waals surface area contributed by atoms with Gasteiger partial charge >= 0.3 is 17.4 Å². The molecule has 0 aliphatic carbocycles. The molecule has 2 unspecified atom stereocenters. The molecule has 0 saturated carbocycles. The number of piperidine rings is 3. The maximum Gasteiger partial charge on any atom is 0.327 e. The van der Waals surface area contributed by atoms with Crippen molar-refractivity contribution < 1.29 is 48.0 Å². The summed E-state index contributed by atoms with van der Waals surface area (Å²) >= 11 is 4.59. The molecule has 8 aromatic rings. The smallest absolute Gasteiger partial charge is 0.327 e. The van der Waals surface area contributed by atoms with Gasteiger partial charge in [-0.25, -0.2) is 38.1 Å². The highest BCUT2D eigenvalue weighted by Crippen LogP contribution is 2.57. The molecule has 30 nitrogen and oxygen atoms in total. The van der Waals surface area contributed by atoms with Crippen LogP contribution >= 0.6 is 35.3 Å². The lowest BCUT2D eigenvalue weighted by Crippen LogP contribution is -2.50. The summed E-state index contributed by atoms with van der Waals surface area (Å²) in [6.07, 6.45) is 12.8. The Bertz CT molecular complexity index is 5780. The number of carbonyl (C=O) groups is 7. The van der Waals surface area contributed by atoms with Gasteiger partial charge in [-0.1, -0.05) is 111 Å². The van der Waals surface area contributed by atoms with Crippen LogP contribution in [0.2, 0.25) is 0 Å². The number of urea groups is 1. The average Bonchev–Trinajstić information content (AvgIpc) is 1.60. The number of thioether (sulfide) groups is 3. The van der Waals surface area contributed by atoms with Crippen LogP contribution in [0.15, 0.2) is 125 Å². The summed E-state index contributed by atoms with van der Waals surface area (Å²) in [7, 11) is 0. The van der Waals surface area contributed by atoms with Crippen LogP contribution in [0.25, 0.3) is 22.3 Å². The summed E-state index contributed by atoms with van der Waals surface area (Å²) in [5.41, 5.74) is 8.23. The molecule has 18 rings (SSSR count). The van der Waals surface area contributed by atoms with Crippen molar-refractivity contribution in [1.29, 1.82) is 0 Å². The number of aromatic amines is 2. The molecule has 0 spiro atoms. The van der Waals surface area contributed by atoms with E-state index in [0.717, 1.165) is 136 Å². The quantitative estimate of drug-likeness (QED) is 0.0506. The number of hydrogen-bond acceptors (Lipinski definition) is 21. The summed E-state index contributed by atoms with van der Waals surface area (Å²) in [6, 6.07) is 31.3. The first-order valence-electron chi connectivity index (χ1n) is 52.5. The summed E-state index contributed by atoms with van der Waals surface area (Å²) in [5.74, 6) is 0.235. The Labute approximate surface area is 866 Å². The Kier molecular flexibility index (Phi) is 33.3. The Hall–Kier alpha value is -10.1. The van der Waals surface area contributed by atoms with E-state index in [1.165, 1.54) is 35.7 Å². The van der Waals surface area contributed by atoms with E-state index in [2.05, 4.69) is 171 Å². The Morgan fingerprint density at radius 3 is 1.26 bits per heavy atom. The average molecular weight is 2040 g/mol. The Morgan fingerprint density at radius 2 is 0.826 bits per heavy atom. The number of piperazine rings is 3. The number of carbonyl (C=O) groups excluding carboxylic acids is 7. The first-order chi connectivity index (χ1) is 68.5. The zero-order valence-corrected chi connectivity index (χ0v) is 90.1.